The third-order valence-corrected chi connectivity index (χ3v) is 6.95. The average Bonchev–Trinajstić information content (AvgIpc) is 2.31. The van der Waals surface area contributed by atoms with E-state index in [1.54, 1.807) is 0 Å². The fourth-order valence-corrected chi connectivity index (χ4v) is 6.25. The second-order valence-corrected chi connectivity index (χ2v) is 7.83. The van der Waals surface area contributed by atoms with Crippen LogP contribution in [-0.2, 0) is 0 Å². The first-order valence-electron chi connectivity index (χ1n) is 6.68. The summed E-state index contributed by atoms with van der Waals surface area (Å²) in [5, 5.41) is 4.49. The van der Waals surface area contributed by atoms with Gasteiger partial charge in [-0.2, -0.15) is 23.5 Å². The molecule has 1 nitrogen and oxygen atoms in total. The van der Waals surface area contributed by atoms with E-state index in [-0.39, 0.29) is 0 Å². The minimum atomic E-state index is 0.764. The van der Waals surface area contributed by atoms with Crippen molar-refractivity contribution in [3.05, 3.63) is 0 Å². The van der Waals surface area contributed by atoms with Crippen molar-refractivity contribution in [1.82, 2.24) is 5.32 Å². The number of hydrogen-bond donors (Lipinski definition) is 1. The first-order chi connectivity index (χ1) is 7.81. The van der Waals surface area contributed by atoms with E-state index in [2.05, 4.69) is 42.8 Å². The molecule has 1 saturated heterocycles. The SMILES string of the molecule is CNC(C1CCCC(C)C1)C1CSCCS1. The van der Waals surface area contributed by atoms with Crippen molar-refractivity contribution in [3.8, 4) is 0 Å². The summed E-state index contributed by atoms with van der Waals surface area (Å²) in [6, 6.07) is 0.764. The highest BCUT2D eigenvalue weighted by molar-refractivity contribution is 8.06. The Kier molecular flexibility index (Phi) is 5.37. The molecule has 94 valence electrons. The number of nitrogens with one attached hydrogen (secondary N) is 1. The highest BCUT2D eigenvalue weighted by Crippen LogP contribution is 2.36. The third-order valence-electron chi connectivity index (χ3n) is 4.06. The van der Waals surface area contributed by atoms with Crippen molar-refractivity contribution in [2.75, 3.05) is 24.3 Å². The maximum Gasteiger partial charge on any atom is 0.0294 e. The Bertz CT molecular complexity index is 204. The second-order valence-electron chi connectivity index (χ2n) is 5.33. The Morgan fingerprint density at radius 1 is 1.25 bits per heavy atom. The zero-order valence-corrected chi connectivity index (χ0v) is 12.2. The largest absolute Gasteiger partial charge is 0.316 e. The second kappa shape index (κ2) is 6.55. The maximum atomic E-state index is 3.63. The van der Waals surface area contributed by atoms with Gasteiger partial charge in [-0.3, -0.25) is 0 Å². The molecule has 2 fully saturated rings. The fourth-order valence-electron chi connectivity index (χ4n) is 3.25. The monoisotopic (exact) mass is 259 g/mol. The smallest absolute Gasteiger partial charge is 0.0294 e. The van der Waals surface area contributed by atoms with Gasteiger partial charge in [0, 0.05) is 28.6 Å². The predicted molar refractivity (Wildman–Crippen MR) is 77.5 cm³/mol. The molecule has 0 aromatic carbocycles. The lowest BCUT2D eigenvalue weighted by Gasteiger charge is -2.38. The molecule has 0 aromatic rings. The number of rotatable bonds is 3. The van der Waals surface area contributed by atoms with E-state index in [1.807, 2.05) is 0 Å². The molecule has 1 aliphatic carbocycles. The van der Waals surface area contributed by atoms with Gasteiger partial charge >= 0.3 is 0 Å². The van der Waals surface area contributed by atoms with Crippen LogP contribution in [0.3, 0.4) is 0 Å². The van der Waals surface area contributed by atoms with E-state index >= 15 is 0 Å². The molecule has 0 radical (unpaired) electrons. The molecular formula is C13H25NS2. The van der Waals surface area contributed by atoms with Crippen molar-refractivity contribution in [3.63, 3.8) is 0 Å². The van der Waals surface area contributed by atoms with Crippen molar-refractivity contribution in [1.29, 1.82) is 0 Å². The highest BCUT2D eigenvalue weighted by Gasteiger charge is 2.32. The van der Waals surface area contributed by atoms with Crippen molar-refractivity contribution >= 4 is 23.5 Å². The molecule has 1 heterocycles. The third kappa shape index (κ3) is 3.33. The molecule has 1 aliphatic heterocycles. The number of thioether (sulfide) groups is 2. The van der Waals surface area contributed by atoms with Crippen LogP contribution in [0.4, 0.5) is 0 Å². The lowest BCUT2D eigenvalue weighted by molar-refractivity contribution is 0.228. The predicted octanol–water partition coefficient (Wildman–Crippen LogP) is 3.25. The van der Waals surface area contributed by atoms with Gasteiger partial charge in [0.15, 0.2) is 0 Å². The summed E-state index contributed by atoms with van der Waals surface area (Å²) >= 11 is 4.36. The molecule has 4 atom stereocenters. The quantitative estimate of drug-likeness (QED) is 0.835. The Labute approximate surface area is 109 Å². The van der Waals surface area contributed by atoms with E-state index in [0.717, 1.165) is 23.1 Å². The van der Waals surface area contributed by atoms with Crippen LogP contribution < -0.4 is 5.32 Å². The molecule has 0 spiro atoms. The summed E-state index contributed by atoms with van der Waals surface area (Å²) in [6.07, 6.45) is 5.82. The first kappa shape index (κ1) is 13.1. The Morgan fingerprint density at radius 2 is 2.12 bits per heavy atom. The molecule has 3 heteroatoms. The first-order valence-corrected chi connectivity index (χ1v) is 8.88. The van der Waals surface area contributed by atoms with Crippen LogP contribution in [0.15, 0.2) is 0 Å². The van der Waals surface area contributed by atoms with Gasteiger partial charge in [0.1, 0.15) is 0 Å². The Balaban J connectivity index is 1.91. The van der Waals surface area contributed by atoms with Gasteiger partial charge in [-0.05, 0) is 31.7 Å². The molecular weight excluding hydrogens is 234 g/mol. The van der Waals surface area contributed by atoms with Crippen LogP contribution in [0.2, 0.25) is 0 Å². The van der Waals surface area contributed by atoms with Crippen LogP contribution in [0.25, 0.3) is 0 Å². The van der Waals surface area contributed by atoms with E-state index in [0.29, 0.717) is 0 Å². The lowest BCUT2D eigenvalue weighted by Crippen LogP contribution is -2.46. The van der Waals surface area contributed by atoms with Crippen LogP contribution >= 0.6 is 23.5 Å². The molecule has 2 rings (SSSR count). The van der Waals surface area contributed by atoms with Crippen LogP contribution in [0.1, 0.15) is 32.6 Å². The Morgan fingerprint density at radius 3 is 2.75 bits per heavy atom. The minimum Gasteiger partial charge on any atom is -0.316 e. The summed E-state index contributed by atoms with van der Waals surface area (Å²) in [6.45, 7) is 2.43. The zero-order valence-electron chi connectivity index (χ0n) is 10.6. The average molecular weight is 259 g/mol. The summed E-state index contributed by atoms with van der Waals surface area (Å²) in [5.74, 6) is 5.97. The zero-order chi connectivity index (χ0) is 11.4. The number of hydrogen-bond acceptors (Lipinski definition) is 3. The molecule has 0 bridgehead atoms. The lowest BCUT2D eigenvalue weighted by atomic mass is 9.78. The maximum absolute atomic E-state index is 3.63. The molecule has 2 aliphatic rings. The minimum absolute atomic E-state index is 0.764. The van der Waals surface area contributed by atoms with Crippen LogP contribution in [0, 0.1) is 11.8 Å². The summed E-state index contributed by atoms with van der Waals surface area (Å²) < 4.78 is 0. The molecule has 16 heavy (non-hydrogen) atoms. The normalized spacial score (nSPS) is 38.2. The summed E-state index contributed by atoms with van der Waals surface area (Å²) in [5.41, 5.74) is 0. The Hall–Kier alpha value is 0.660. The van der Waals surface area contributed by atoms with Crippen LogP contribution in [-0.4, -0.2) is 35.6 Å². The fraction of sp³-hybridized carbons (Fsp3) is 1.00. The van der Waals surface area contributed by atoms with Crippen molar-refractivity contribution in [2.45, 2.75) is 43.9 Å². The van der Waals surface area contributed by atoms with Gasteiger partial charge in [0.2, 0.25) is 0 Å². The molecule has 1 saturated carbocycles. The molecule has 0 amide bonds. The van der Waals surface area contributed by atoms with E-state index in [4.69, 9.17) is 0 Å². The topological polar surface area (TPSA) is 12.0 Å². The standard InChI is InChI=1S/C13H25NS2/c1-10-4-3-5-11(8-10)13(14-2)12-9-15-6-7-16-12/h10-14H,3-9H2,1-2H3. The molecule has 1 N–H and O–H groups in total. The highest BCUT2D eigenvalue weighted by atomic mass is 32.2. The van der Waals surface area contributed by atoms with Gasteiger partial charge in [-0.1, -0.05) is 19.8 Å². The van der Waals surface area contributed by atoms with Crippen molar-refractivity contribution < 1.29 is 0 Å². The van der Waals surface area contributed by atoms with Gasteiger partial charge in [-0.15, -0.1) is 0 Å². The van der Waals surface area contributed by atoms with E-state index in [1.165, 1.54) is 42.9 Å². The van der Waals surface area contributed by atoms with Crippen molar-refractivity contribution in [2.24, 2.45) is 11.8 Å². The van der Waals surface area contributed by atoms with Crippen LogP contribution in [0.5, 0.6) is 0 Å². The molecule has 0 aromatic heterocycles. The van der Waals surface area contributed by atoms with Gasteiger partial charge in [-0.25, -0.2) is 0 Å². The van der Waals surface area contributed by atoms with Gasteiger partial charge in [0.25, 0.3) is 0 Å². The summed E-state index contributed by atoms with van der Waals surface area (Å²) in [7, 11) is 2.17. The van der Waals surface area contributed by atoms with E-state index < -0.39 is 0 Å². The molecule has 4 unspecified atom stereocenters. The van der Waals surface area contributed by atoms with E-state index in [9.17, 15) is 0 Å². The summed E-state index contributed by atoms with van der Waals surface area (Å²) in [4.78, 5) is 0. The van der Waals surface area contributed by atoms with Gasteiger partial charge in [0.05, 0.1) is 0 Å². The van der Waals surface area contributed by atoms with Gasteiger partial charge < -0.3 is 5.32 Å².